The summed E-state index contributed by atoms with van der Waals surface area (Å²) in [6.07, 6.45) is 0. The summed E-state index contributed by atoms with van der Waals surface area (Å²) in [7, 11) is 0. The van der Waals surface area contributed by atoms with Crippen LogP contribution in [0.2, 0.25) is 0 Å². The molecule has 0 bridgehead atoms. The topological polar surface area (TPSA) is 66.4 Å². The number of carboxylic acid groups (broad SMARTS) is 1. The second kappa shape index (κ2) is 3.34. The summed E-state index contributed by atoms with van der Waals surface area (Å²) in [5, 5.41) is 12.1. The second-order valence-corrected chi connectivity index (χ2v) is 5.46. The summed E-state index contributed by atoms with van der Waals surface area (Å²) < 4.78 is 0. The summed E-state index contributed by atoms with van der Waals surface area (Å²) in [5.41, 5.74) is 1.42. The predicted molar refractivity (Wildman–Crippen MR) is 66.2 cm³/mol. The van der Waals surface area contributed by atoms with E-state index < -0.39 is 17.3 Å². The Bertz CT molecular complexity index is 554. The Morgan fingerprint density at radius 1 is 1.39 bits per heavy atom. The molecule has 1 aliphatic heterocycles. The first-order valence-electron chi connectivity index (χ1n) is 6.10. The highest BCUT2D eigenvalue weighted by Crippen LogP contribution is 2.71. The lowest BCUT2D eigenvalue weighted by Crippen LogP contribution is -2.25. The van der Waals surface area contributed by atoms with E-state index in [2.05, 4.69) is 5.32 Å². The second-order valence-electron chi connectivity index (χ2n) is 5.46. The lowest BCUT2D eigenvalue weighted by Gasteiger charge is -2.16. The lowest BCUT2D eigenvalue weighted by atomic mass is 9.87. The quantitative estimate of drug-likeness (QED) is 0.838. The van der Waals surface area contributed by atoms with Crippen LogP contribution in [-0.2, 0) is 9.59 Å². The maximum atomic E-state index is 12.0. The Morgan fingerprint density at radius 3 is 2.72 bits per heavy atom. The third-order valence-electron chi connectivity index (χ3n) is 4.70. The number of carboxylic acids is 1. The monoisotopic (exact) mass is 245 g/mol. The highest BCUT2D eigenvalue weighted by molar-refractivity contribution is 6.01. The molecule has 4 atom stereocenters. The number of nitrogens with one attached hydrogen (secondary N) is 1. The van der Waals surface area contributed by atoms with Crippen LogP contribution in [0.5, 0.6) is 0 Å². The molecule has 1 amide bonds. The first-order valence-corrected chi connectivity index (χ1v) is 6.10. The Morgan fingerprint density at radius 2 is 2.06 bits per heavy atom. The molecule has 2 N–H and O–H groups in total. The molecule has 2 aliphatic rings. The molecule has 0 spiro atoms. The summed E-state index contributed by atoms with van der Waals surface area (Å²) >= 11 is 0. The van der Waals surface area contributed by atoms with E-state index in [9.17, 15) is 14.7 Å². The zero-order valence-corrected chi connectivity index (χ0v) is 10.3. The van der Waals surface area contributed by atoms with Crippen molar-refractivity contribution in [1.82, 2.24) is 0 Å². The van der Waals surface area contributed by atoms with Crippen LogP contribution in [0.15, 0.2) is 24.3 Å². The Kier molecular flexibility index (Phi) is 2.09. The van der Waals surface area contributed by atoms with Crippen molar-refractivity contribution in [3.63, 3.8) is 0 Å². The molecular weight excluding hydrogens is 230 g/mol. The number of carbonyl (C=O) groups is 2. The number of benzene rings is 1. The minimum absolute atomic E-state index is 0.0357. The van der Waals surface area contributed by atoms with Gasteiger partial charge in [-0.2, -0.15) is 0 Å². The first-order chi connectivity index (χ1) is 8.48. The number of hydrogen-bond acceptors (Lipinski definition) is 2. The standard InChI is InChI=1S/C14H15NO3/c1-7(13(17)18)14(2)10-8-5-3-4-6-9(8)15-12(16)11(10)14/h3-7,10-11H,1-2H3,(H,15,16)(H,17,18)/t7?,10?,11-,14+/m1/s1. The van der Waals surface area contributed by atoms with Crippen molar-refractivity contribution in [3.05, 3.63) is 29.8 Å². The van der Waals surface area contributed by atoms with Crippen molar-refractivity contribution in [2.45, 2.75) is 19.8 Å². The summed E-state index contributed by atoms with van der Waals surface area (Å²) in [4.78, 5) is 23.3. The molecule has 0 aromatic heterocycles. The number of hydrogen-bond donors (Lipinski definition) is 2. The summed E-state index contributed by atoms with van der Waals surface area (Å²) in [5.74, 6) is -1.58. The van der Waals surface area contributed by atoms with Gasteiger partial charge in [0.05, 0.1) is 11.8 Å². The van der Waals surface area contributed by atoms with Crippen LogP contribution in [0.1, 0.15) is 25.3 Å². The average Bonchev–Trinajstić information content (AvgIpc) is 2.98. The maximum absolute atomic E-state index is 12.0. The van der Waals surface area contributed by atoms with Gasteiger partial charge in [-0.05, 0) is 11.6 Å². The van der Waals surface area contributed by atoms with Crippen molar-refractivity contribution in [1.29, 1.82) is 0 Å². The average molecular weight is 245 g/mol. The SMILES string of the molecule is CC(C(=O)O)[C@@]1(C)C2c3ccccc3NC(=O)[C@@H]21. The van der Waals surface area contributed by atoms with Gasteiger partial charge in [-0.3, -0.25) is 9.59 Å². The van der Waals surface area contributed by atoms with Crippen molar-refractivity contribution < 1.29 is 14.7 Å². The number of anilines is 1. The van der Waals surface area contributed by atoms with Crippen LogP contribution in [0.3, 0.4) is 0 Å². The molecule has 1 fully saturated rings. The Balaban J connectivity index is 2.06. The highest BCUT2D eigenvalue weighted by Gasteiger charge is 2.70. The molecule has 0 saturated heterocycles. The third-order valence-corrected chi connectivity index (χ3v) is 4.70. The molecule has 0 radical (unpaired) electrons. The van der Waals surface area contributed by atoms with Crippen molar-refractivity contribution in [2.75, 3.05) is 5.32 Å². The molecular formula is C14H15NO3. The van der Waals surface area contributed by atoms with E-state index in [0.29, 0.717) is 0 Å². The van der Waals surface area contributed by atoms with Gasteiger partial charge in [0.2, 0.25) is 5.91 Å². The molecule has 1 heterocycles. The zero-order chi connectivity index (χ0) is 13.1. The van der Waals surface area contributed by atoms with Crippen molar-refractivity contribution >= 4 is 17.6 Å². The van der Waals surface area contributed by atoms with Gasteiger partial charge in [-0.15, -0.1) is 0 Å². The van der Waals surface area contributed by atoms with E-state index in [-0.39, 0.29) is 17.7 Å². The summed E-state index contributed by atoms with van der Waals surface area (Å²) in [6, 6.07) is 7.65. The number of amides is 1. The van der Waals surface area contributed by atoms with Crippen LogP contribution < -0.4 is 5.32 Å². The van der Waals surface area contributed by atoms with Crippen LogP contribution in [0.25, 0.3) is 0 Å². The number of fused-ring (bicyclic) bond motifs is 3. The smallest absolute Gasteiger partial charge is 0.306 e. The van der Waals surface area contributed by atoms with Gasteiger partial charge in [-0.1, -0.05) is 32.0 Å². The van der Waals surface area contributed by atoms with Gasteiger partial charge < -0.3 is 10.4 Å². The molecule has 1 aromatic carbocycles. The Hall–Kier alpha value is -1.84. The van der Waals surface area contributed by atoms with E-state index >= 15 is 0 Å². The number of para-hydroxylation sites is 1. The molecule has 3 rings (SSSR count). The maximum Gasteiger partial charge on any atom is 0.306 e. The van der Waals surface area contributed by atoms with Crippen LogP contribution in [0, 0.1) is 17.3 Å². The zero-order valence-electron chi connectivity index (χ0n) is 10.3. The fourth-order valence-electron chi connectivity index (χ4n) is 3.38. The minimum atomic E-state index is -0.836. The van der Waals surface area contributed by atoms with Gasteiger partial charge in [0.15, 0.2) is 0 Å². The van der Waals surface area contributed by atoms with E-state index in [0.717, 1.165) is 11.3 Å². The third kappa shape index (κ3) is 1.20. The predicted octanol–water partition coefficient (Wildman–Crippen LogP) is 2.08. The van der Waals surface area contributed by atoms with E-state index in [1.54, 1.807) is 6.92 Å². The fraction of sp³-hybridized carbons (Fsp3) is 0.429. The van der Waals surface area contributed by atoms with Crippen molar-refractivity contribution in [3.8, 4) is 0 Å². The molecule has 18 heavy (non-hydrogen) atoms. The van der Waals surface area contributed by atoms with Gasteiger partial charge in [0.25, 0.3) is 0 Å². The number of aliphatic carboxylic acids is 1. The molecule has 1 aliphatic carbocycles. The van der Waals surface area contributed by atoms with Gasteiger partial charge in [-0.25, -0.2) is 0 Å². The molecule has 94 valence electrons. The largest absolute Gasteiger partial charge is 0.481 e. The fourth-order valence-corrected chi connectivity index (χ4v) is 3.38. The van der Waals surface area contributed by atoms with Crippen LogP contribution in [-0.4, -0.2) is 17.0 Å². The van der Waals surface area contributed by atoms with Crippen molar-refractivity contribution in [2.24, 2.45) is 17.3 Å². The molecule has 1 saturated carbocycles. The molecule has 2 unspecified atom stereocenters. The van der Waals surface area contributed by atoms with Gasteiger partial charge in [0.1, 0.15) is 0 Å². The Labute approximate surface area is 105 Å². The molecule has 4 nitrogen and oxygen atoms in total. The van der Waals surface area contributed by atoms with Gasteiger partial charge >= 0.3 is 5.97 Å². The summed E-state index contributed by atoms with van der Waals surface area (Å²) in [6.45, 7) is 3.60. The minimum Gasteiger partial charge on any atom is -0.481 e. The van der Waals surface area contributed by atoms with Crippen LogP contribution in [0.4, 0.5) is 5.69 Å². The van der Waals surface area contributed by atoms with E-state index in [1.807, 2.05) is 31.2 Å². The molecule has 4 heteroatoms. The number of rotatable bonds is 2. The van der Waals surface area contributed by atoms with Crippen LogP contribution >= 0.6 is 0 Å². The first kappa shape index (κ1) is 11.3. The molecule has 1 aromatic rings. The number of carbonyl (C=O) groups excluding carboxylic acids is 1. The van der Waals surface area contributed by atoms with E-state index in [4.69, 9.17) is 0 Å². The lowest BCUT2D eigenvalue weighted by molar-refractivity contribution is -0.143. The van der Waals surface area contributed by atoms with E-state index in [1.165, 1.54) is 0 Å². The normalized spacial score (nSPS) is 34.0. The highest BCUT2D eigenvalue weighted by atomic mass is 16.4. The van der Waals surface area contributed by atoms with Gasteiger partial charge in [0, 0.05) is 17.0 Å².